The van der Waals surface area contributed by atoms with E-state index in [1.807, 2.05) is 42.9 Å². The minimum absolute atomic E-state index is 0.749. The number of aryl methyl sites for hydroxylation is 1. The van der Waals surface area contributed by atoms with E-state index in [0.717, 1.165) is 38.9 Å². The smallest absolute Gasteiger partial charge is 0.132 e. The van der Waals surface area contributed by atoms with Crippen molar-refractivity contribution in [3.05, 3.63) is 47.6 Å². The van der Waals surface area contributed by atoms with Gasteiger partial charge in [-0.05, 0) is 30.7 Å². The Bertz CT molecular complexity index is 777. The molecule has 5 heteroatoms. The molecule has 0 radical (unpaired) electrons. The molecule has 3 rings (SSSR count). The summed E-state index contributed by atoms with van der Waals surface area (Å²) < 4.78 is 10.9. The number of pyridine rings is 1. The number of hydrogen-bond acceptors (Lipinski definition) is 5. The summed E-state index contributed by atoms with van der Waals surface area (Å²) in [7, 11) is 3.30. The summed E-state index contributed by atoms with van der Waals surface area (Å²) >= 11 is 1.58. The molecular weight excluding hydrogens is 296 g/mol. The van der Waals surface area contributed by atoms with Crippen molar-refractivity contribution in [2.45, 2.75) is 6.92 Å². The van der Waals surface area contributed by atoms with Gasteiger partial charge in [0.05, 0.1) is 25.5 Å². The number of aromatic nitrogens is 2. The predicted molar refractivity (Wildman–Crippen MR) is 88.6 cm³/mol. The van der Waals surface area contributed by atoms with Crippen LogP contribution in [0.5, 0.6) is 11.5 Å². The van der Waals surface area contributed by atoms with E-state index in [0.29, 0.717) is 0 Å². The van der Waals surface area contributed by atoms with Crippen LogP contribution in [0.15, 0.2) is 42.0 Å². The molecule has 0 atom stereocenters. The van der Waals surface area contributed by atoms with Gasteiger partial charge < -0.3 is 9.47 Å². The maximum Gasteiger partial charge on any atom is 0.132 e. The number of thiazole rings is 1. The molecule has 0 bridgehead atoms. The minimum atomic E-state index is 0.749. The van der Waals surface area contributed by atoms with Crippen LogP contribution in [0.25, 0.3) is 21.8 Å². The van der Waals surface area contributed by atoms with E-state index >= 15 is 0 Å². The van der Waals surface area contributed by atoms with Crippen LogP contribution < -0.4 is 9.47 Å². The third kappa shape index (κ3) is 2.67. The summed E-state index contributed by atoms with van der Waals surface area (Å²) in [6.07, 6.45) is 3.66. The number of benzene rings is 1. The Labute approximate surface area is 133 Å². The maximum atomic E-state index is 5.45. The van der Waals surface area contributed by atoms with Crippen molar-refractivity contribution in [1.82, 2.24) is 9.97 Å². The van der Waals surface area contributed by atoms with E-state index in [-0.39, 0.29) is 0 Å². The zero-order valence-corrected chi connectivity index (χ0v) is 13.5. The Morgan fingerprint density at radius 2 is 1.77 bits per heavy atom. The number of nitrogens with zero attached hydrogens (tertiary/aromatic N) is 2. The fourth-order valence-corrected chi connectivity index (χ4v) is 3.09. The second-order valence-corrected chi connectivity index (χ2v) is 5.68. The Hall–Kier alpha value is -2.40. The second-order valence-electron chi connectivity index (χ2n) is 4.83. The number of rotatable bonds is 4. The van der Waals surface area contributed by atoms with Gasteiger partial charge >= 0.3 is 0 Å². The van der Waals surface area contributed by atoms with Crippen LogP contribution in [0, 0.1) is 6.92 Å². The van der Waals surface area contributed by atoms with Crippen molar-refractivity contribution in [2.24, 2.45) is 0 Å². The van der Waals surface area contributed by atoms with Gasteiger partial charge in [0.15, 0.2) is 0 Å². The molecule has 0 fully saturated rings. The van der Waals surface area contributed by atoms with Gasteiger partial charge in [-0.3, -0.25) is 4.98 Å². The van der Waals surface area contributed by atoms with Crippen molar-refractivity contribution in [3.63, 3.8) is 0 Å². The van der Waals surface area contributed by atoms with Crippen LogP contribution in [-0.4, -0.2) is 24.2 Å². The molecule has 22 heavy (non-hydrogen) atoms. The monoisotopic (exact) mass is 312 g/mol. The highest BCUT2D eigenvalue weighted by Gasteiger charge is 2.16. The van der Waals surface area contributed by atoms with Crippen LogP contribution >= 0.6 is 11.3 Å². The summed E-state index contributed by atoms with van der Waals surface area (Å²) in [5.74, 6) is 1.50. The summed E-state index contributed by atoms with van der Waals surface area (Å²) in [6.45, 7) is 2.02. The highest BCUT2D eigenvalue weighted by molar-refractivity contribution is 7.13. The molecule has 0 aliphatic carbocycles. The third-order valence-electron chi connectivity index (χ3n) is 3.31. The van der Waals surface area contributed by atoms with Crippen molar-refractivity contribution in [2.75, 3.05) is 14.2 Å². The molecule has 2 aromatic heterocycles. The fraction of sp³-hybridized carbons (Fsp3) is 0.176. The van der Waals surface area contributed by atoms with Crippen molar-refractivity contribution < 1.29 is 9.47 Å². The minimum Gasteiger partial charge on any atom is -0.496 e. The molecule has 0 aliphatic rings. The topological polar surface area (TPSA) is 44.2 Å². The normalized spacial score (nSPS) is 10.5. The van der Waals surface area contributed by atoms with Gasteiger partial charge in [0.2, 0.25) is 0 Å². The molecule has 3 aromatic rings. The standard InChI is InChI=1S/C17H16N2O2S/c1-11-7-12(9-18-8-11)17-19-13(10-22-17)16-14(20-2)5-4-6-15(16)21-3/h4-10H,1-3H3. The molecular formula is C17H16N2O2S. The molecule has 4 nitrogen and oxygen atoms in total. The first-order valence-corrected chi connectivity index (χ1v) is 7.70. The third-order valence-corrected chi connectivity index (χ3v) is 4.20. The van der Waals surface area contributed by atoms with E-state index in [9.17, 15) is 0 Å². The lowest BCUT2D eigenvalue weighted by Crippen LogP contribution is -1.93. The molecule has 0 amide bonds. The van der Waals surface area contributed by atoms with Crippen molar-refractivity contribution >= 4 is 11.3 Å². The Balaban J connectivity index is 2.08. The second kappa shape index (κ2) is 6.15. The summed E-state index contributed by atoms with van der Waals surface area (Å²) in [6, 6.07) is 7.80. The van der Waals surface area contributed by atoms with E-state index in [1.54, 1.807) is 25.6 Å². The zero-order valence-electron chi connectivity index (χ0n) is 12.7. The Morgan fingerprint density at radius 1 is 1.05 bits per heavy atom. The predicted octanol–water partition coefficient (Wildman–Crippen LogP) is 4.20. The molecule has 0 N–H and O–H groups in total. The quantitative estimate of drug-likeness (QED) is 0.724. The van der Waals surface area contributed by atoms with Crippen LogP contribution in [0.2, 0.25) is 0 Å². The number of hydrogen-bond donors (Lipinski definition) is 0. The maximum absolute atomic E-state index is 5.45. The first kappa shape index (κ1) is 14.5. The first-order chi connectivity index (χ1) is 10.7. The van der Waals surface area contributed by atoms with Gasteiger partial charge in [0.1, 0.15) is 16.5 Å². The molecule has 0 saturated heterocycles. The number of ether oxygens (including phenoxy) is 2. The fourth-order valence-electron chi connectivity index (χ4n) is 2.30. The molecule has 0 unspecified atom stereocenters. The average Bonchev–Trinajstić information content (AvgIpc) is 3.03. The summed E-state index contributed by atoms with van der Waals surface area (Å²) in [5, 5.41) is 2.94. The summed E-state index contributed by atoms with van der Waals surface area (Å²) in [5.41, 5.74) is 3.85. The van der Waals surface area contributed by atoms with Crippen molar-refractivity contribution in [1.29, 1.82) is 0 Å². The number of methoxy groups -OCH3 is 2. The largest absolute Gasteiger partial charge is 0.496 e. The first-order valence-electron chi connectivity index (χ1n) is 6.82. The lowest BCUT2D eigenvalue weighted by molar-refractivity contribution is 0.397. The van der Waals surface area contributed by atoms with Gasteiger partial charge in [-0.25, -0.2) is 4.98 Å². The lowest BCUT2D eigenvalue weighted by Gasteiger charge is -2.10. The molecule has 0 saturated carbocycles. The SMILES string of the molecule is COc1cccc(OC)c1-c1csc(-c2cncc(C)c2)n1. The van der Waals surface area contributed by atoms with E-state index in [4.69, 9.17) is 14.5 Å². The van der Waals surface area contributed by atoms with Gasteiger partial charge in [0, 0.05) is 23.3 Å². The van der Waals surface area contributed by atoms with Gasteiger partial charge in [0.25, 0.3) is 0 Å². The van der Waals surface area contributed by atoms with Crippen LogP contribution in [0.3, 0.4) is 0 Å². The molecule has 0 aliphatic heterocycles. The Kier molecular flexibility index (Phi) is 4.06. The van der Waals surface area contributed by atoms with E-state index in [2.05, 4.69) is 11.1 Å². The van der Waals surface area contributed by atoms with Gasteiger partial charge in [-0.2, -0.15) is 0 Å². The van der Waals surface area contributed by atoms with Gasteiger partial charge in [-0.15, -0.1) is 11.3 Å². The molecule has 1 aromatic carbocycles. The lowest BCUT2D eigenvalue weighted by atomic mass is 10.1. The van der Waals surface area contributed by atoms with E-state index in [1.165, 1.54) is 0 Å². The van der Waals surface area contributed by atoms with Crippen LogP contribution in [-0.2, 0) is 0 Å². The Morgan fingerprint density at radius 3 is 2.41 bits per heavy atom. The van der Waals surface area contributed by atoms with E-state index < -0.39 is 0 Å². The molecule has 0 spiro atoms. The van der Waals surface area contributed by atoms with Crippen molar-refractivity contribution in [3.8, 4) is 33.3 Å². The average molecular weight is 312 g/mol. The molecule has 112 valence electrons. The highest BCUT2D eigenvalue weighted by atomic mass is 32.1. The van der Waals surface area contributed by atoms with Gasteiger partial charge in [-0.1, -0.05) is 6.07 Å². The zero-order chi connectivity index (χ0) is 15.5. The summed E-state index contributed by atoms with van der Waals surface area (Å²) in [4.78, 5) is 8.95. The van der Waals surface area contributed by atoms with Crippen LogP contribution in [0.1, 0.15) is 5.56 Å². The van der Waals surface area contributed by atoms with Crippen LogP contribution in [0.4, 0.5) is 0 Å². The molecule has 2 heterocycles. The highest BCUT2D eigenvalue weighted by Crippen LogP contribution is 2.39.